The highest BCUT2D eigenvalue weighted by atomic mass is 16.5. The molecule has 0 spiro atoms. The highest BCUT2D eigenvalue weighted by molar-refractivity contribution is 6.05. The summed E-state index contributed by atoms with van der Waals surface area (Å²) >= 11 is 0. The van der Waals surface area contributed by atoms with Crippen molar-refractivity contribution in [3.63, 3.8) is 0 Å². The van der Waals surface area contributed by atoms with Crippen LogP contribution in [-0.2, 0) is 9.53 Å². The molecule has 2 aromatic rings. The Morgan fingerprint density at radius 1 is 1.00 bits per heavy atom. The van der Waals surface area contributed by atoms with Crippen LogP contribution < -0.4 is 10.1 Å². The number of esters is 1. The molecule has 0 aliphatic carbocycles. The van der Waals surface area contributed by atoms with Crippen molar-refractivity contribution in [1.29, 1.82) is 0 Å². The van der Waals surface area contributed by atoms with E-state index in [4.69, 9.17) is 9.47 Å². The highest BCUT2D eigenvalue weighted by Gasteiger charge is 2.14. The van der Waals surface area contributed by atoms with Gasteiger partial charge in [-0.05, 0) is 42.8 Å². The zero-order valence-corrected chi connectivity index (χ0v) is 13.4. The normalized spacial score (nSPS) is 9.92. The SMILES string of the molecule is COc1ccc(C(=O)NC(=O)COC(=O)c2ccccc2C)cc1. The maximum Gasteiger partial charge on any atom is 0.338 e. The summed E-state index contributed by atoms with van der Waals surface area (Å²) < 4.78 is 9.91. The van der Waals surface area contributed by atoms with Crippen LogP contribution in [0.15, 0.2) is 48.5 Å². The first-order valence-electron chi connectivity index (χ1n) is 7.22. The van der Waals surface area contributed by atoms with E-state index < -0.39 is 24.4 Å². The molecule has 0 unspecified atom stereocenters. The van der Waals surface area contributed by atoms with E-state index in [0.717, 1.165) is 5.56 Å². The third kappa shape index (κ3) is 4.42. The van der Waals surface area contributed by atoms with Crippen molar-refractivity contribution in [3.8, 4) is 5.75 Å². The van der Waals surface area contributed by atoms with Gasteiger partial charge in [0, 0.05) is 5.56 Å². The zero-order chi connectivity index (χ0) is 17.5. The molecule has 0 aliphatic rings. The third-order valence-electron chi connectivity index (χ3n) is 3.30. The van der Waals surface area contributed by atoms with Crippen LogP contribution in [-0.4, -0.2) is 31.5 Å². The maximum absolute atomic E-state index is 11.9. The third-order valence-corrected chi connectivity index (χ3v) is 3.30. The molecule has 0 aliphatic heterocycles. The number of imide groups is 1. The van der Waals surface area contributed by atoms with Crippen molar-refractivity contribution in [2.75, 3.05) is 13.7 Å². The van der Waals surface area contributed by atoms with Crippen molar-refractivity contribution in [2.45, 2.75) is 6.92 Å². The van der Waals surface area contributed by atoms with Crippen molar-refractivity contribution in [3.05, 3.63) is 65.2 Å². The maximum atomic E-state index is 11.9. The molecule has 0 atom stereocenters. The van der Waals surface area contributed by atoms with Crippen molar-refractivity contribution >= 4 is 17.8 Å². The number of nitrogens with one attached hydrogen (secondary N) is 1. The number of carbonyl (C=O) groups is 3. The molecule has 0 saturated carbocycles. The summed E-state index contributed by atoms with van der Waals surface area (Å²) in [6.45, 7) is 1.24. The van der Waals surface area contributed by atoms with Crippen molar-refractivity contribution in [2.24, 2.45) is 0 Å². The van der Waals surface area contributed by atoms with Gasteiger partial charge in [0.1, 0.15) is 5.75 Å². The molecule has 24 heavy (non-hydrogen) atoms. The van der Waals surface area contributed by atoms with Gasteiger partial charge in [-0.3, -0.25) is 14.9 Å². The van der Waals surface area contributed by atoms with E-state index in [9.17, 15) is 14.4 Å². The quantitative estimate of drug-likeness (QED) is 0.851. The number of carbonyl (C=O) groups excluding carboxylic acids is 3. The van der Waals surface area contributed by atoms with E-state index in [2.05, 4.69) is 5.32 Å². The van der Waals surface area contributed by atoms with Crippen LogP contribution in [0.4, 0.5) is 0 Å². The van der Waals surface area contributed by atoms with Crippen molar-refractivity contribution in [1.82, 2.24) is 5.32 Å². The summed E-state index contributed by atoms with van der Waals surface area (Å²) in [5.41, 5.74) is 1.43. The second-order valence-corrected chi connectivity index (χ2v) is 5.00. The van der Waals surface area contributed by atoms with E-state index in [1.807, 2.05) is 0 Å². The smallest absolute Gasteiger partial charge is 0.338 e. The molecule has 1 N–H and O–H groups in total. The van der Waals surface area contributed by atoms with Gasteiger partial charge in [0.15, 0.2) is 6.61 Å². The Morgan fingerprint density at radius 2 is 1.67 bits per heavy atom. The summed E-state index contributed by atoms with van der Waals surface area (Å²) in [6.07, 6.45) is 0. The van der Waals surface area contributed by atoms with Crippen LogP contribution in [0.25, 0.3) is 0 Å². The lowest BCUT2D eigenvalue weighted by atomic mass is 10.1. The Bertz CT molecular complexity index is 752. The average Bonchev–Trinajstić information content (AvgIpc) is 2.60. The van der Waals surface area contributed by atoms with Gasteiger partial charge in [-0.25, -0.2) is 4.79 Å². The summed E-state index contributed by atoms with van der Waals surface area (Å²) in [5, 5.41) is 2.16. The first-order chi connectivity index (χ1) is 11.5. The minimum absolute atomic E-state index is 0.300. The van der Waals surface area contributed by atoms with Crippen LogP contribution in [0.1, 0.15) is 26.3 Å². The van der Waals surface area contributed by atoms with Gasteiger partial charge in [-0.2, -0.15) is 0 Å². The molecular weight excluding hydrogens is 310 g/mol. The van der Waals surface area contributed by atoms with Crippen LogP contribution in [0, 0.1) is 6.92 Å². The Kier molecular flexibility index (Phi) is 5.68. The number of aryl methyl sites for hydroxylation is 1. The molecule has 0 bridgehead atoms. The second kappa shape index (κ2) is 7.92. The van der Waals surface area contributed by atoms with Crippen LogP contribution in [0.3, 0.4) is 0 Å². The molecule has 2 amide bonds. The molecule has 2 aromatic carbocycles. The lowest BCUT2D eigenvalue weighted by Gasteiger charge is -2.07. The van der Waals surface area contributed by atoms with E-state index in [1.54, 1.807) is 43.3 Å². The van der Waals surface area contributed by atoms with Crippen molar-refractivity contribution < 1.29 is 23.9 Å². The second-order valence-electron chi connectivity index (χ2n) is 5.00. The predicted octanol–water partition coefficient (Wildman–Crippen LogP) is 2.12. The highest BCUT2D eigenvalue weighted by Crippen LogP contribution is 2.11. The van der Waals surface area contributed by atoms with Gasteiger partial charge < -0.3 is 9.47 Å². The number of methoxy groups -OCH3 is 1. The minimum Gasteiger partial charge on any atom is -0.497 e. The molecule has 0 fully saturated rings. The number of hydrogen-bond donors (Lipinski definition) is 1. The summed E-state index contributed by atoms with van der Waals surface area (Å²) in [6, 6.07) is 13.2. The summed E-state index contributed by atoms with van der Waals surface area (Å²) in [4.78, 5) is 35.5. The zero-order valence-electron chi connectivity index (χ0n) is 13.4. The fraction of sp³-hybridized carbons (Fsp3) is 0.167. The number of hydrogen-bond acceptors (Lipinski definition) is 5. The van der Waals surface area contributed by atoms with E-state index in [-0.39, 0.29) is 0 Å². The monoisotopic (exact) mass is 327 g/mol. The Balaban J connectivity index is 1.87. The Hall–Kier alpha value is -3.15. The number of ether oxygens (including phenoxy) is 2. The van der Waals surface area contributed by atoms with Gasteiger partial charge in [0.2, 0.25) is 0 Å². The number of amides is 2. The van der Waals surface area contributed by atoms with Gasteiger partial charge in [0.05, 0.1) is 12.7 Å². The minimum atomic E-state index is -0.697. The molecule has 0 heterocycles. The predicted molar refractivity (Wildman–Crippen MR) is 86.9 cm³/mol. The van der Waals surface area contributed by atoms with E-state index in [0.29, 0.717) is 16.9 Å². The van der Waals surface area contributed by atoms with Gasteiger partial charge >= 0.3 is 5.97 Å². The average molecular weight is 327 g/mol. The number of benzene rings is 2. The fourth-order valence-corrected chi connectivity index (χ4v) is 1.99. The lowest BCUT2D eigenvalue weighted by molar-refractivity contribution is -0.123. The summed E-state index contributed by atoms with van der Waals surface area (Å²) in [7, 11) is 1.52. The Labute approximate surface area is 139 Å². The molecule has 0 radical (unpaired) electrons. The van der Waals surface area contributed by atoms with Gasteiger partial charge in [-0.1, -0.05) is 18.2 Å². The van der Waals surface area contributed by atoms with Crippen LogP contribution >= 0.6 is 0 Å². The topological polar surface area (TPSA) is 81.7 Å². The van der Waals surface area contributed by atoms with E-state index >= 15 is 0 Å². The van der Waals surface area contributed by atoms with Crippen LogP contribution in [0.2, 0.25) is 0 Å². The molecule has 124 valence electrons. The Morgan fingerprint density at radius 3 is 2.29 bits per heavy atom. The van der Waals surface area contributed by atoms with Crippen LogP contribution in [0.5, 0.6) is 5.75 Å². The largest absolute Gasteiger partial charge is 0.497 e. The molecular formula is C18H17NO5. The van der Waals surface area contributed by atoms with Gasteiger partial charge in [-0.15, -0.1) is 0 Å². The molecule has 6 nitrogen and oxygen atoms in total. The molecule has 2 rings (SSSR count). The summed E-state index contributed by atoms with van der Waals surface area (Å²) in [5.74, 6) is -1.28. The molecule has 0 saturated heterocycles. The number of rotatable bonds is 5. The van der Waals surface area contributed by atoms with E-state index in [1.165, 1.54) is 19.2 Å². The van der Waals surface area contributed by atoms with Gasteiger partial charge in [0.25, 0.3) is 11.8 Å². The fourth-order valence-electron chi connectivity index (χ4n) is 1.99. The lowest BCUT2D eigenvalue weighted by Crippen LogP contribution is -2.34. The molecule has 6 heteroatoms. The standard InChI is InChI=1S/C18H17NO5/c1-12-5-3-4-6-15(12)18(22)24-11-16(20)19-17(21)13-7-9-14(23-2)10-8-13/h3-10H,11H2,1-2H3,(H,19,20,21). The molecule has 0 aromatic heterocycles. The first kappa shape index (κ1) is 17.2. The first-order valence-corrected chi connectivity index (χ1v) is 7.22.